The van der Waals surface area contributed by atoms with Crippen LogP contribution in [0.3, 0.4) is 0 Å². The van der Waals surface area contributed by atoms with E-state index in [1.54, 1.807) is 48.5 Å². The summed E-state index contributed by atoms with van der Waals surface area (Å²) in [6.45, 7) is 2.84. The van der Waals surface area contributed by atoms with Crippen LogP contribution in [0.4, 0.5) is 0 Å². The van der Waals surface area contributed by atoms with Gasteiger partial charge in [-0.15, -0.1) is 0 Å². The fourth-order valence-electron chi connectivity index (χ4n) is 1.90. The molecule has 5 heteroatoms. The van der Waals surface area contributed by atoms with E-state index in [2.05, 4.69) is 0 Å². The van der Waals surface area contributed by atoms with Gasteiger partial charge in [-0.1, -0.05) is 60.7 Å². The fraction of sp³-hybridized carbons (Fsp3) is 0.200. The second-order valence-corrected chi connectivity index (χ2v) is 5.34. The van der Waals surface area contributed by atoms with E-state index in [0.29, 0.717) is 11.1 Å². The fourth-order valence-corrected chi connectivity index (χ4v) is 1.90. The van der Waals surface area contributed by atoms with Gasteiger partial charge in [0.25, 0.3) is 0 Å². The van der Waals surface area contributed by atoms with Crippen molar-refractivity contribution in [1.82, 2.24) is 0 Å². The molecular weight excluding hydrogens is 363 g/mol. The molecule has 0 amide bonds. The summed E-state index contributed by atoms with van der Waals surface area (Å²) in [7, 11) is 0. The number of ketones is 4. The molecule has 0 N–H and O–H groups in total. The van der Waals surface area contributed by atoms with E-state index >= 15 is 0 Å². The van der Waals surface area contributed by atoms with Crippen molar-refractivity contribution in [2.24, 2.45) is 0 Å². The zero-order valence-corrected chi connectivity index (χ0v) is 15.2. The molecule has 0 aliphatic rings. The van der Waals surface area contributed by atoms with Gasteiger partial charge in [-0.05, 0) is 13.8 Å². The summed E-state index contributed by atoms with van der Waals surface area (Å²) in [5.41, 5.74) is 1.21. The predicted octanol–water partition coefficient (Wildman–Crippen LogP) is 3.69. The first-order chi connectivity index (χ1) is 11.4. The molecule has 4 nitrogen and oxygen atoms in total. The van der Waals surface area contributed by atoms with E-state index < -0.39 is 0 Å². The number of hydrogen-bond donors (Lipinski definition) is 0. The zero-order valence-electron chi connectivity index (χ0n) is 14.2. The third kappa shape index (κ3) is 9.49. The number of rotatable bonds is 6. The minimum atomic E-state index is -0.108. The van der Waals surface area contributed by atoms with Crippen LogP contribution < -0.4 is 0 Å². The van der Waals surface area contributed by atoms with Crippen molar-refractivity contribution in [2.45, 2.75) is 26.7 Å². The monoisotopic (exact) mass is 383 g/mol. The van der Waals surface area contributed by atoms with Gasteiger partial charge in [-0.2, -0.15) is 0 Å². The molecule has 2 aromatic rings. The number of Topliss-reactive ketones (excluding diaryl/α,β-unsaturated/α-hetero) is 4. The molecule has 0 heterocycles. The van der Waals surface area contributed by atoms with Crippen molar-refractivity contribution in [3.8, 4) is 0 Å². The summed E-state index contributed by atoms with van der Waals surface area (Å²) in [5, 5.41) is 0. The second kappa shape index (κ2) is 12.1. The average Bonchev–Trinajstić information content (AvgIpc) is 2.56. The van der Waals surface area contributed by atoms with Crippen molar-refractivity contribution in [1.29, 1.82) is 0 Å². The molecule has 2 aromatic carbocycles. The van der Waals surface area contributed by atoms with Crippen molar-refractivity contribution >= 4 is 23.1 Å². The van der Waals surface area contributed by atoms with E-state index in [4.69, 9.17) is 0 Å². The normalized spacial score (nSPS) is 9.04. The maximum atomic E-state index is 11.2. The Hall–Kier alpha value is -2.37. The first-order valence-electron chi connectivity index (χ1n) is 7.55. The molecule has 0 fully saturated rings. The van der Waals surface area contributed by atoms with Crippen LogP contribution in [0.5, 0.6) is 0 Å². The smallest absolute Gasteiger partial charge is 0.300 e. The van der Waals surface area contributed by atoms with Crippen LogP contribution in [0.2, 0.25) is 0 Å². The van der Waals surface area contributed by atoms with Crippen LogP contribution >= 0.6 is 0 Å². The molecule has 0 aromatic heterocycles. The number of carbonyl (C=O) groups is 4. The van der Waals surface area contributed by atoms with Crippen LogP contribution in [-0.2, 0) is 26.4 Å². The maximum absolute atomic E-state index is 11.2. The molecular formula is C20H20CoO4+2. The molecule has 0 aliphatic heterocycles. The van der Waals surface area contributed by atoms with Crippen LogP contribution in [0.1, 0.15) is 47.4 Å². The molecule has 0 saturated heterocycles. The van der Waals surface area contributed by atoms with Crippen LogP contribution in [0.25, 0.3) is 0 Å². The molecule has 25 heavy (non-hydrogen) atoms. The molecule has 1 radical (unpaired) electrons. The van der Waals surface area contributed by atoms with Crippen molar-refractivity contribution in [3.63, 3.8) is 0 Å². The van der Waals surface area contributed by atoms with Gasteiger partial charge in [0, 0.05) is 11.1 Å². The van der Waals surface area contributed by atoms with E-state index in [0.717, 1.165) is 0 Å². The summed E-state index contributed by atoms with van der Waals surface area (Å²) >= 11 is 0. The molecule has 0 bridgehead atoms. The van der Waals surface area contributed by atoms with E-state index in [-0.39, 0.29) is 52.8 Å². The Kier molecular flexibility index (Phi) is 10.9. The largest absolute Gasteiger partial charge is 2.00 e. The van der Waals surface area contributed by atoms with Crippen molar-refractivity contribution < 1.29 is 36.0 Å². The maximum Gasteiger partial charge on any atom is 2.00 e. The average molecular weight is 383 g/mol. The molecule has 0 saturated carbocycles. The Morgan fingerprint density at radius 2 is 0.880 bits per heavy atom. The summed E-state index contributed by atoms with van der Waals surface area (Å²) in [5.74, 6) is -0.404. The molecule has 2 rings (SSSR count). The van der Waals surface area contributed by atoms with E-state index in [1.165, 1.54) is 13.8 Å². The Morgan fingerprint density at radius 1 is 0.600 bits per heavy atom. The minimum absolute atomic E-state index is 0. The first kappa shape index (κ1) is 22.6. The Bertz CT molecular complexity index is 645. The van der Waals surface area contributed by atoms with Crippen LogP contribution in [0.15, 0.2) is 60.7 Å². The summed E-state index contributed by atoms with van der Waals surface area (Å²) in [4.78, 5) is 43.7. The Balaban J connectivity index is 0.000000443. The van der Waals surface area contributed by atoms with Gasteiger partial charge in [0.1, 0.15) is 11.6 Å². The topological polar surface area (TPSA) is 68.3 Å². The zero-order chi connectivity index (χ0) is 17.9. The molecule has 0 atom stereocenters. The third-order valence-electron chi connectivity index (χ3n) is 3.01. The number of benzene rings is 2. The van der Waals surface area contributed by atoms with Gasteiger partial charge < -0.3 is 0 Å². The molecule has 0 aliphatic carbocycles. The van der Waals surface area contributed by atoms with Gasteiger partial charge in [0.2, 0.25) is 0 Å². The first-order valence-corrected chi connectivity index (χ1v) is 7.55. The van der Waals surface area contributed by atoms with Gasteiger partial charge in [-0.3, -0.25) is 19.2 Å². The summed E-state index contributed by atoms with van der Waals surface area (Å²) in [6, 6.07) is 17.7. The third-order valence-corrected chi connectivity index (χ3v) is 3.01. The number of hydrogen-bond acceptors (Lipinski definition) is 4. The van der Waals surface area contributed by atoms with Crippen LogP contribution in [-0.4, -0.2) is 23.1 Å². The number of carbonyl (C=O) groups excluding carboxylic acids is 4. The second-order valence-electron chi connectivity index (χ2n) is 5.34. The SMILES string of the molecule is CC(=O)CC(=O)c1ccccc1.CC(=O)CC(=O)c1ccccc1.[Co+2]. The minimum Gasteiger partial charge on any atom is -0.300 e. The Morgan fingerprint density at radius 3 is 1.12 bits per heavy atom. The summed E-state index contributed by atoms with van der Waals surface area (Å²) < 4.78 is 0. The molecule has 131 valence electrons. The van der Waals surface area contributed by atoms with Crippen LogP contribution in [0, 0.1) is 0 Å². The van der Waals surface area contributed by atoms with Gasteiger partial charge in [0.05, 0.1) is 12.8 Å². The van der Waals surface area contributed by atoms with Gasteiger partial charge in [-0.25, -0.2) is 0 Å². The standard InChI is InChI=1S/2C10H10O2.Co/c2*1-8(11)7-10(12)9-5-3-2-4-6-9;/h2*2-6H,7H2,1H3;/q;;+2. The van der Waals surface area contributed by atoms with Crippen molar-refractivity contribution in [2.75, 3.05) is 0 Å². The molecule has 0 spiro atoms. The van der Waals surface area contributed by atoms with Gasteiger partial charge in [0.15, 0.2) is 11.6 Å². The van der Waals surface area contributed by atoms with Crippen molar-refractivity contribution in [3.05, 3.63) is 71.8 Å². The summed E-state index contributed by atoms with van der Waals surface area (Å²) in [6.07, 6.45) is 0.00796. The van der Waals surface area contributed by atoms with Gasteiger partial charge >= 0.3 is 16.8 Å². The Labute approximate surface area is 157 Å². The quantitative estimate of drug-likeness (QED) is 0.564. The molecule has 0 unspecified atom stereocenters. The van der Waals surface area contributed by atoms with E-state index in [1.807, 2.05) is 12.1 Å². The van der Waals surface area contributed by atoms with E-state index in [9.17, 15) is 19.2 Å². The predicted molar refractivity (Wildman–Crippen MR) is 92.1 cm³/mol.